The van der Waals surface area contributed by atoms with E-state index >= 15 is 0 Å². The average molecular weight is 248 g/mol. The van der Waals surface area contributed by atoms with Crippen LogP contribution in [0.4, 0.5) is 10.5 Å². The molecule has 0 aromatic heterocycles. The van der Waals surface area contributed by atoms with Gasteiger partial charge >= 0.3 is 6.03 Å². The van der Waals surface area contributed by atoms with Crippen LogP contribution in [0, 0.1) is 12.8 Å². The summed E-state index contributed by atoms with van der Waals surface area (Å²) < 4.78 is 0. The third-order valence-corrected chi connectivity index (χ3v) is 2.74. The smallest absolute Gasteiger partial charge is 0.323 e. The Balaban J connectivity index is 2.65. The summed E-state index contributed by atoms with van der Waals surface area (Å²) in [6.45, 7) is 7.95. The third kappa shape index (κ3) is 4.13. The molecular weight excluding hydrogens is 228 g/mol. The second-order valence-electron chi connectivity index (χ2n) is 4.66. The highest BCUT2D eigenvalue weighted by molar-refractivity contribution is 5.91. The summed E-state index contributed by atoms with van der Waals surface area (Å²) in [5.41, 5.74) is 2.46. The van der Waals surface area contributed by atoms with Crippen LogP contribution < -0.4 is 10.6 Å². The van der Waals surface area contributed by atoms with Crippen molar-refractivity contribution in [2.24, 2.45) is 5.92 Å². The molecule has 2 amide bonds. The minimum absolute atomic E-state index is 0.0558. The van der Waals surface area contributed by atoms with Crippen molar-refractivity contribution >= 4 is 11.7 Å². The number of rotatable bonds is 3. The van der Waals surface area contributed by atoms with Crippen LogP contribution in [0.15, 0.2) is 30.0 Å². The second-order valence-corrected chi connectivity index (χ2v) is 4.66. The number of anilines is 1. The van der Waals surface area contributed by atoms with Crippen molar-refractivity contribution < 1.29 is 9.90 Å². The van der Waals surface area contributed by atoms with Crippen molar-refractivity contribution in [3.05, 3.63) is 35.5 Å². The molecule has 1 rings (SSSR count). The third-order valence-electron chi connectivity index (χ3n) is 2.74. The highest BCUT2D eigenvalue weighted by atomic mass is 16.3. The fourth-order valence-corrected chi connectivity index (χ4v) is 1.25. The first-order valence-corrected chi connectivity index (χ1v) is 5.94. The summed E-state index contributed by atoms with van der Waals surface area (Å²) in [6.07, 6.45) is 1.67. The lowest BCUT2D eigenvalue weighted by atomic mass is 10.1. The Labute approximate surface area is 108 Å². The molecule has 4 nitrogen and oxygen atoms in total. The zero-order chi connectivity index (χ0) is 13.7. The quantitative estimate of drug-likeness (QED) is 0.718. The van der Waals surface area contributed by atoms with Crippen LogP contribution in [0.5, 0.6) is 5.75 Å². The first-order valence-electron chi connectivity index (χ1n) is 5.94. The van der Waals surface area contributed by atoms with Gasteiger partial charge in [0.05, 0.1) is 5.69 Å². The fraction of sp³-hybridized carbons (Fsp3) is 0.357. The Morgan fingerprint density at radius 3 is 2.67 bits per heavy atom. The van der Waals surface area contributed by atoms with Gasteiger partial charge in [0.25, 0.3) is 0 Å². The summed E-state index contributed by atoms with van der Waals surface area (Å²) in [6, 6.07) is 4.69. The predicted octanol–water partition coefficient (Wildman–Crippen LogP) is 3.38. The van der Waals surface area contributed by atoms with Gasteiger partial charge in [0.1, 0.15) is 5.75 Å². The maximum absolute atomic E-state index is 11.6. The van der Waals surface area contributed by atoms with Crippen LogP contribution in [-0.4, -0.2) is 11.1 Å². The molecule has 98 valence electrons. The van der Waals surface area contributed by atoms with E-state index in [2.05, 4.69) is 24.5 Å². The first-order chi connectivity index (χ1) is 8.40. The molecule has 0 radical (unpaired) electrons. The molecule has 0 fully saturated rings. The van der Waals surface area contributed by atoms with Gasteiger partial charge in [-0.05, 0) is 37.5 Å². The molecule has 18 heavy (non-hydrogen) atoms. The van der Waals surface area contributed by atoms with Crippen molar-refractivity contribution in [1.29, 1.82) is 0 Å². The Morgan fingerprint density at radius 1 is 1.39 bits per heavy atom. The maximum Gasteiger partial charge on any atom is 0.323 e. The van der Waals surface area contributed by atoms with Gasteiger partial charge in [-0.3, -0.25) is 0 Å². The zero-order valence-electron chi connectivity index (χ0n) is 11.2. The summed E-state index contributed by atoms with van der Waals surface area (Å²) in [5, 5.41) is 14.8. The van der Waals surface area contributed by atoms with Gasteiger partial charge in [0.2, 0.25) is 0 Å². The Hall–Kier alpha value is -1.97. The minimum Gasteiger partial charge on any atom is -0.506 e. The van der Waals surface area contributed by atoms with E-state index in [0.29, 0.717) is 11.6 Å². The largest absolute Gasteiger partial charge is 0.506 e. The van der Waals surface area contributed by atoms with Gasteiger partial charge in [-0.25, -0.2) is 4.79 Å². The molecular formula is C14H20N2O2. The molecule has 0 atom stereocenters. The van der Waals surface area contributed by atoms with E-state index in [1.54, 1.807) is 24.4 Å². The highest BCUT2D eigenvalue weighted by Gasteiger charge is 2.05. The van der Waals surface area contributed by atoms with Gasteiger partial charge in [0.15, 0.2) is 0 Å². The number of aryl methyl sites for hydroxylation is 1. The highest BCUT2D eigenvalue weighted by Crippen LogP contribution is 2.23. The van der Waals surface area contributed by atoms with Crippen molar-refractivity contribution in [1.82, 2.24) is 5.32 Å². The molecule has 0 unspecified atom stereocenters. The van der Waals surface area contributed by atoms with E-state index in [-0.39, 0.29) is 11.8 Å². The van der Waals surface area contributed by atoms with E-state index in [1.807, 2.05) is 13.8 Å². The van der Waals surface area contributed by atoms with Crippen molar-refractivity contribution in [2.45, 2.75) is 27.7 Å². The van der Waals surface area contributed by atoms with Gasteiger partial charge < -0.3 is 15.7 Å². The minimum atomic E-state index is -0.365. The number of amides is 2. The number of phenolic OH excluding ortho intramolecular Hbond substituents is 1. The van der Waals surface area contributed by atoms with Crippen LogP contribution >= 0.6 is 0 Å². The summed E-state index contributed by atoms with van der Waals surface area (Å²) in [4.78, 5) is 11.6. The number of benzene rings is 1. The van der Waals surface area contributed by atoms with E-state index in [4.69, 9.17) is 0 Å². The second kappa shape index (κ2) is 6.10. The predicted molar refractivity (Wildman–Crippen MR) is 73.6 cm³/mol. The molecule has 1 aromatic rings. The van der Waals surface area contributed by atoms with Gasteiger partial charge in [0, 0.05) is 6.20 Å². The Morgan fingerprint density at radius 2 is 2.06 bits per heavy atom. The molecule has 0 spiro atoms. The Bertz CT molecular complexity index is 465. The van der Waals surface area contributed by atoms with Gasteiger partial charge in [-0.15, -0.1) is 0 Å². The van der Waals surface area contributed by atoms with Crippen LogP contribution in [0.25, 0.3) is 0 Å². The lowest BCUT2D eigenvalue weighted by Crippen LogP contribution is -2.24. The fourth-order valence-electron chi connectivity index (χ4n) is 1.25. The standard InChI is InChI=1S/C14H20N2O2/c1-9(2)11(4)8-15-14(18)16-12-7-10(3)5-6-13(12)17/h5-9,17H,1-4H3,(H2,15,16,18)/b11-8+. The molecule has 3 N–H and O–H groups in total. The number of carbonyl (C=O) groups excluding carboxylic acids is 1. The topological polar surface area (TPSA) is 61.4 Å². The zero-order valence-corrected chi connectivity index (χ0v) is 11.2. The molecule has 0 aliphatic heterocycles. The van der Waals surface area contributed by atoms with Crippen molar-refractivity contribution in [3.63, 3.8) is 0 Å². The van der Waals surface area contributed by atoms with E-state index in [9.17, 15) is 9.90 Å². The van der Waals surface area contributed by atoms with Gasteiger partial charge in [-0.2, -0.15) is 0 Å². The van der Waals surface area contributed by atoms with E-state index in [1.165, 1.54) is 0 Å². The Kier molecular flexibility index (Phi) is 4.77. The molecule has 4 heteroatoms. The van der Waals surface area contributed by atoms with Gasteiger partial charge in [-0.1, -0.05) is 25.5 Å². The molecule has 0 heterocycles. The molecule has 0 bridgehead atoms. The summed E-state index contributed by atoms with van der Waals surface area (Å²) in [7, 11) is 0. The van der Waals surface area contributed by atoms with Crippen LogP contribution in [0.3, 0.4) is 0 Å². The lowest BCUT2D eigenvalue weighted by molar-refractivity contribution is 0.255. The number of allylic oxidation sites excluding steroid dienone is 1. The van der Waals surface area contributed by atoms with Crippen molar-refractivity contribution in [2.75, 3.05) is 5.32 Å². The monoisotopic (exact) mass is 248 g/mol. The SMILES string of the molecule is C/C(=C\NC(=O)Nc1cc(C)ccc1O)C(C)C. The molecule has 0 aliphatic rings. The number of urea groups is 1. The number of hydrogen-bond donors (Lipinski definition) is 3. The van der Waals surface area contributed by atoms with Crippen LogP contribution in [0.1, 0.15) is 26.3 Å². The normalized spacial score (nSPS) is 11.5. The number of hydrogen-bond acceptors (Lipinski definition) is 2. The molecule has 0 saturated heterocycles. The number of aromatic hydroxyl groups is 1. The summed E-state index contributed by atoms with van der Waals surface area (Å²) in [5.74, 6) is 0.443. The maximum atomic E-state index is 11.6. The van der Waals surface area contributed by atoms with E-state index < -0.39 is 0 Å². The summed E-state index contributed by atoms with van der Waals surface area (Å²) >= 11 is 0. The average Bonchev–Trinajstić information content (AvgIpc) is 2.30. The number of nitrogens with one attached hydrogen (secondary N) is 2. The van der Waals surface area contributed by atoms with Crippen LogP contribution in [0.2, 0.25) is 0 Å². The number of carbonyl (C=O) groups is 1. The molecule has 0 aliphatic carbocycles. The van der Waals surface area contributed by atoms with E-state index in [0.717, 1.165) is 11.1 Å². The number of phenols is 1. The van der Waals surface area contributed by atoms with Crippen LogP contribution in [-0.2, 0) is 0 Å². The first kappa shape index (κ1) is 14.1. The molecule has 0 saturated carbocycles. The molecule has 1 aromatic carbocycles. The lowest BCUT2D eigenvalue weighted by Gasteiger charge is -2.09. The van der Waals surface area contributed by atoms with Crippen molar-refractivity contribution in [3.8, 4) is 5.75 Å².